The van der Waals surface area contributed by atoms with Crippen molar-refractivity contribution in [3.8, 4) is 0 Å². The molecule has 1 unspecified atom stereocenters. The van der Waals surface area contributed by atoms with Crippen molar-refractivity contribution in [1.29, 1.82) is 0 Å². The first-order valence-corrected chi connectivity index (χ1v) is 8.84. The molecule has 1 aromatic heterocycles. The summed E-state index contributed by atoms with van der Waals surface area (Å²) >= 11 is 0. The van der Waals surface area contributed by atoms with Crippen LogP contribution in [0.1, 0.15) is 18.4 Å². The summed E-state index contributed by atoms with van der Waals surface area (Å²) in [5.74, 6) is -0.293. The fourth-order valence-electron chi connectivity index (χ4n) is 3.46. The number of fused-ring (bicyclic) bond motifs is 1. The molecule has 4 rings (SSSR count). The van der Waals surface area contributed by atoms with E-state index in [0.717, 1.165) is 11.1 Å². The van der Waals surface area contributed by atoms with E-state index in [1.54, 1.807) is 24.0 Å². The molecule has 0 saturated carbocycles. The van der Waals surface area contributed by atoms with Crippen molar-refractivity contribution in [2.24, 2.45) is 0 Å². The molecule has 6 nitrogen and oxygen atoms in total. The standard InChI is InChI=1S/C21H19N3O3/c1-13-11-14-7-8-15(12-17(14)23-20(13)26)22-21(27)18-9-10-19(25)24(18)16-5-3-2-4-6-16/h2-8,11-12,18H,9-10H2,1H3,(H,22,27)(H,23,26). The molecule has 136 valence electrons. The predicted octanol–water partition coefficient (Wildman–Crippen LogP) is 2.97. The topological polar surface area (TPSA) is 82.3 Å². The van der Waals surface area contributed by atoms with E-state index in [1.807, 2.05) is 42.5 Å². The summed E-state index contributed by atoms with van der Waals surface area (Å²) in [4.78, 5) is 41.3. The number of aryl methyl sites for hydroxylation is 1. The van der Waals surface area contributed by atoms with Crippen LogP contribution in [-0.2, 0) is 9.59 Å². The minimum absolute atomic E-state index is 0.0559. The number of rotatable bonds is 3. The van der Waals surface area contributed by atoms with Crippen LogP contribution in [0.2, 0.25) is 0 Å². The number of hydrogen-bond acceptors (Lipinski definition) is 3. The van der Waals surface area contributed by atoms with Crippen molar-refractivity contribution >= 4 is 34.1 Å². The molecule has 3 aromatic rings. The predicted molar refractivity (Wildman–Crippen MR) is 105 cm³/mol. The average Bonchev–Trinajstić information content (AvgIpc) is 3.05. The van der Waals surface area contributed by atoms with E-state index in [9.17, 15) is 14.4 Å². The van der Waals surface area contributed by atoms with Crippen molar-refractivity contribution in [1.82, 2.24) is 4.98 Å². The van der Waals surface area contributed by atoms with Crippen LogP contribution >= 0.6 is 0 Å². The summed E-state index contributed by atoms with van der Waals surface area (Å²) in [5.41, 5.74) is 2.45. The number of aromatic amines is 1. The Bertz CT molecular complexity index is 1090. The zero-order valence-electron chi connectivity index (χ0n) is 14.9. The summed E-state index contributed by atoms with van der Waals surface area (Å²) in [7, 11) is 0. The van der Waals surface area contributed by atoms with Gasteiger partial charge in [0.2, 0.25) is 11.8 Å². The van der Waals surface area contributed by atoms with Gasteiger partial charge in [-0.3, -0.25) is 19.3 Å². The number of carbonyl (C=O) groups is 2. The molecular formula is C21H19N3O3. The molecule has 1 aliphatic heterocycles. The summed E-state index contributed by atoms with van der Waals surface area (Å²) in [5, 5.41) is 3.77. The Labute approximate surface area is 155 Å². The van der Waals surface area contributed by atoms with Gasteiger partial charge < -0.3 is 10.3 Å². The second-order valence-corrected chi connectivity index (χ2v) is 6.73. The number of hydrogen-bond donors (Lipinski definition) is 2. The molecule has 0 spiro atoms. The lowest BCUT2D eigenvalue weighted by atomic mass is 10.1. The Kier molecular flexibility index (Phi) is 4.24. The van der Waals surface area contributed by atoms with Gasteiger partial charge in [0.05, 0.1) is 5.52 Å². The molecule has 1 aliphatic rings. The molecule has 27 heavy (non-hydrogen) atoms. The smallest absolute Gasteiger partial charge is 0.251 e. The molecule has 1 fully saturated rings. The summed E-state index contributed by atoms with van der Waals surface area (Å²) in [6.45, 7) is 1.75. The summed E-state index contributed by atoms with van der Waals surface area (Å²) in [6, 6.07) is 15.9. The number of carbonyl (C=O) groups excluding carboxylic acids is 2. The van der Waals surface area contributed by atoms with Crippen LogP contribution in [0, 0.1) is 6.92 Å². The SMILES string of the molecule is Cc1cc2ccc(NC(=O)C3CCC(=O)N3c3ccccc3)cc2[nH]c1=O. The lowest BCUT2D eigenvalue weighted by Crippen LogP contribution is -2.41. The number of para-hydroxylation sites is 1. The van der Waals surface area contributed by atoms with Gasteiger partial charge in [0.1, 0.15) is 6.04 Å². The maximum atomic E-state index is 12.8. The zero-order valence-corrected chi connectivity index (χ0v) is 14.9. The number of pyridine rings is 1. The molecule has 6 heteroatoms. The highest BCUT2D eigenvalue weighted by molar-refractivity contribution is 6.07. The maximum Gasteiger partial charge on any atom is 0.251 e. The maximum absolute atomic E-state index is 12.8. The van der Waals surface area contributed by atoms with E-state index in [0.29, 0.717) is 29.6 Å². The Hall–Kier alpha value is -3.41. The van der Waals surface area contributed by atoms with Crippen LogP contribution < -0.4 is 15.8 Å². The number of nitrogens with one attached hydrogen (secondary N) is 2. The van der Waals surface area contributed by atoms with Gasteiger partial charge in [-0.25, -0.2) is 0 Å². The van der Waals surface area contributed by atoms with Crippen LogP contribution in [0.25, 0.3) is 10.9 Å². The summed E-state index contributed by atoms with van der Waals surface area (Å²) < 4.78 is 0. The molecule has 0 bridgehead atoms. The van der Waals surface area contributed by atoms with Crippen molar-refractivity contribution < 1.29 is 9.59 Å². The van der Waals surface area contributed by atoms with E-state index in [2.05, 4.69) is 10.3 Å². The zero-order chi connectivity index (χ0) is 19.0. The van der Waals surface area contributed by atoms with E-state index in [4.69, 9.17) is 0 Å². The second-order valence-electron chi connectivity index (χ2n) is 6.73. The van der Waals surface area contributed by atoms with Gasteiger partial charge in [0.15, 0.2) is 0 Å². The molecule has 0 radical (unpaired) electrons. The van der Waals surface area contributed by atoms with Gasteiger partial charge in [-0.2, -0.15) is 0 Å². The third-order valence-electron chi connectivity index (χ3n) is 4.85. The average molecular weight is 361 g/mol. The Morgan fingerprint density at radius 3 is 2.67 bits per heavy atom. The van der Waals surface area contributed by atoms with Crippen molar-refractivity contribution in [2.75, 3.05) is 10.2 Å². The Balaban J connectivity index is 1.60. The summed E-state index contributed by atoms with van der Waals surface area (Å²) in [6.07, 6.45) is 0.820. The molecule has 2 N–H and O–H groups in total. The van der Waals surface area contributed by atoms with E-state index in [1.165, 1.54) is 0 Å². The molecule has 1 saturated heterocycles. The van der Waals surface area contributed by atoms with Crippen LogP contribution in [0.4, 0.5) is 11.4 Å². The van der Waals surface area contributed by atoms with Gasteiger partial charge in [-0.15, -0.1) is 0 Å². The number of H-pyrrole nitrogens is 1. The van der Waals surface area contributed by atoms with Gasteiger partial charge in [-0.05, 0) is 49.1 Å². The largest absolute Gasteiger partial charge is 0.324 e. The van der Waals surface area contributed by atoms with Crippen LogP contribution in [0.5, 0.6) is 0 Å². The van der Waals surface area contributed by atoms with Crippen molar-refractivity contribution in [3.63, 3.8) is 0 Å². The molecular weight excluding hydrogens is 342 g/mol. The van der Waals surface area contributed by atoms with E-state index >= 15 is 0 Å². The number of amides is 2. The van der Waals surface area contributed by atoms with Crippen LogP contribution in [0.3, 0.4) is 0 Å². The number of anilines is 2. The second kappa shape index (κ2) is 6.72. The minimum atomic E-state index is -0.548. The van der Waals surface area contributed by atoms with Gasteiger partial charge in [0.25, 0.3) is 5.56 Å². The molecule has 2 aromatic carbocycles. The van der Waals surface area contributed by atoms with Gasteiger partial charge in [0, 0.05) is 23.4 Å². The molecule has 2 heterocycles. The number of nitrogens with zero attached hydrogens (tertiary/aromatic N) is 1. The van der Waals surface area contributed by atoms with Crippen molar-refractivity contribution in [2.45, 2.75) is 25.8 Å². The molecule has 2 amide bonds. The lowest BCUT2D eigenvalue weighted by molar-refractivity contribution is -0.120. The van der Waals surface area contributed by atoms with Gasteiger partial charge >= 0.3 is 0 Å². The molecule has 0 aliphatic carbocycles. The fraction of sp³-hybridized carbons (Fsp3) is 0.190. The quantitative estimate of drug-likeness (QED) is 0.752. The van der Waals surface area contributed by atoms with Crippen molar-refractivity contribution in [3.05, 3.63) is 70.5 Å². The van der Waals surface area contributed by atoms with E-state index < -0.39 is 6.04 Å². The highest BCUT2D eigenvalue weighted by Gasteiger charge is 2.37. The number of benzene rings is 2. The first-order chi connectivity index (χ1) is 13.0. The first kappa shape index (κ1) is 17.0. The van der Waals surface area contributed by atoms with Crippen LogP contribution in [0.15, 0.2) is 59.4 Å². The fourth-order valence-corrected chi connectivity index (χ4v) is 3.46. The minimum Gasteiger partial charge on any atom is -0.324 e. The highest BCUT2D eigenvalue weighted by atomic mass is 16.2. The number of aromatic nitrogens is 1. The third-order valence-corrected chi connectivity index (χ3v) is 4.85. The third kappa shape index (κ3) is 3.21. The first-order valence-electron chi connectivity index (χ1n) is 8.84. The highest BCUT2D eigenvalue weighted by Crippen LogP contribution is 2.27. The van der Waals surface area contributed by atoms with Gasteiger partial charge in [-0.1, -0.05) is 24.3 Å². The monoisotopic (exact) mass is 361 g/mol. The molecule has 1 atom stereocenters. The van der Waals surface area contributed by atoms with E-state index in [-0.39, 0.29) is 17.4 Å². The van der Waals surface area contributed by atoms with Crippen LogP contribution in [-0.4, -0.2) is 22.8 Å². The Morgan fingerprint density at radius 1 is 1.11 bits per heavy atom. The Morgan fingerprint density at radius 2 is 1.89 bits per heavy atom. The normalized spacial score (nSPS) is 16.7. The lowest BCUT2D eigenvalue weighted by Gasteiger charge is -2.24.